The predicted octanol–water partition coefficient (Wildman–Crippen LogP) is 2.92. The first-order valence-electron chi connectivity index (χ1n) is 8.99. The molecule has 1 fully saturated rings. The molecule has 132 valence electrons. The van der Waals surface area contributed by atoms with E-state index in [4.69, 9.17) is 0 Å². The van der Waals surface area contributed by atoms with Crippen molar-refractivity contribution < 1.29 is 9.90 Å². The molecule has 1 heterocycles. The SMILES string of the molecule is O=C(CN(Cc1ccccc1)c1ccccc1)N1CCC(CO)CC1. The van der Waals surface area contributed by atoms with Crippen LogP contribution in [-0.2, 0) is 11.3 Å². The second-order valence-corrected chi connectivity index (χ2v) is 6.68. The van der Waals surface area contributed by atoms with Crippen molar-refractivity contribution in [3.05, 3.63) is 66.2 Å². The number of hydrogen-bond acceptors (Lipinski definition) is 3. The molecule has 0 saturated carbocycles. The van der Waals surface area contributed by atoms with Gasteiger partial charge >= 0.3 is 0 Å². The minimum atomic E-state index is 0.163. The number of carbonyl (C=O) groups excluding carboxylic acids is 1. The van der Waals surface area contributed by atoms with Gasteiger partial charge in [0, 0.05) is 31.9 Å². The second kappa shape index (κ2) is 8.67. The number of nitrogens with zero attached hydrogens (tertiary/aromatic N) is 2. The fourth-order valence-electron chi connectivity index (χ4n) is 3.31. The molecule has 0 bridgehead atoms. The van der Waals surface area contributed by atoms with Gasteiger partial charge in [0.15, 0.2) is 0 Å². The maximum Gasteiger partial charge on any atom is 0.242 e. The van der Waals surface area contributed by atoms with Crippen molar-refractivity contribution in [1.82, 2.24) is 4.90 Å². The van der Waals surface area contributed by atoms with Crippen LogP contribution in [0.15, 0.2) is 60.7 Å². The van der Waals surface area contributed by atoms with Gasteiger partial charge in [0.05, 0.1) is 6.54 Å². The first-order chi connectivity index (χ1) is 12.3. The van der Waals surface area contributed by atoms with Gasteiger partial charge in [-0.3, -0.25) is 4.79 Å². The Morgan fingerprint density at radius 2 is 1.60 bits per heavy atom. The maximum atomic E-state index is 12.8. The molecule has 25 heavy (non-hydrogen) atoms. The highest BCUT2D eigenvalue weighted by Crippen LogP contribution is 2.20. The van der Waals surface area contributed by atoms with Gasteiger partial charge in [-0.15, -0.1) is 0 Å². The molecule has 2 aromatic carbocycles. The Bertz CT molecular complexity index is 652. The average molecular weight is 338 g/mol. The molecule has 4 heteroatoms. The molecule has 1 saturated heterocycles. The summed E-state index contributed by atoms with van der Waals surface area (Å²) in [6.45, 7) is 2.81. The highest BCUT2D eigenvalue weighted by molar-refractivity contribution is 5.81. The number of amides is 1. The lowest BCUT2D eigenvalue weighted by Gasteiger charge is -2.33. The lowest BCUT2D eigenvalue weighted by molar-refractivity contribution is -0.131. The average Bonchev–Trinajstić information content (AvgIpc) is 2.69. The number of anilines is 1. The molecule has 0 aliphatic carbocycles. The number of piperidine rings is 1. The van der Waals surface area contributed by atoms with Gasteiger partial charge in [0.1, 0.15) is 0 Å². The molecule has 4 nitrogen and oxygen atoms in total. The summed E-state index contributed by atoms with van der Waals surface area (Å²) in [5.41, 5.74) is 2.25. The van der Waals surface area contributed by atoms with E-state index in [-0.39, 0.29) is 12.5 Å². The molecule has 1 aliphatic heterocycles. The van der Waals surface area contributed by atoms with E-state index in [2.05, 4.69) is 17.0 Å². The molecule has 3 rings (SSSR count). The third-order valence-electron chi connectivity index (χ3n) is 4.89. The van der Waals surface area contributed by atoms with E-state index in [9.17, 15) is 9.90 Å². The minimum absolute atomic E-state index is 0.163. The van der Waals surface area contributed by atoms with Crippen LogP contribution >= 0.6 is 0 Å². The largest absolute Gasteiger partial charge is 0.396 e. The molecule has 2 aromatic rings. The fourth-order valence-corrected chi connectivity index (χ4v) is 3.31. The number of rotatable bonds is 6. The molecule has 0 radical (unpaired) electrons. The predicted molar refractivity (Wildman–Crippen MR) is 100 cm³/mol. The van der Waals surface area contributed by atoms with Crippen molar-refractivity contribution in [2.24, 2.45) is 5.92 Å². The Balaban J connectivity index is 1.68. The van der Waals surface area contributed by atoms with Crippen LogP contribution in [0.3, 0.4) is 0 Å². The number of aliphatic hydroxyl groups excluding tert-OH is 1. The van der Waals surface area contributed by atoms with E-state index >= 15 is 0 Å². The van der Waals surface area contributed by atoms with Gasteiger partial charge in [0.2, 0.25) is 5.91 Å². The van der Waals surface area contributed by atoms with Gasteiger partial charge < -0.3 is 14.9 Å². The normalized spacial score (nSPS) is 15.2. The molecule has 0 aromatic heterocycles. The topological polar surface area (TPSA) is 43.8 Å². The Morgan fingerprint density at radius 3 is 2.20 bits per heavy atom. The van der Waals surface area contributed by atoms with Crippen molar-refractivity contribution in [3.63, 3.8) is 0 Å². The number of benzene rings is 2. The summed E-state index contributed by atoms with van der Waals surface area (Å²) in [5, 5.41) is 9.26. The summed E-state index contributed by atoms with van der Waals surface area (Å²) in [6.07, 6.45) is 1.79. The van der Waals surface area contributed by atoms with E-state index in [1.54, 1.807) is 0 Å². The molecule has 1 aliphatic rings. The van der Waals surface area contributed by atoms with E-state index in [0.29, 0.717) is 19.0 Å². The Kier molecular flexibility index (Phi) is 6.07. The smallest absolute Gasteiger partial charge is 0.242 e. The molecular weight excluding hydrogens is 312 g/mol. The summed E-state index contributed by atoms with van der Waals surface area (Å²) >= 11 is 0. The molecular formula is C21H26N2O2. The van der Waals surface area contributed by atoms with Crippen LogP contribution in [-0.4, -0.2) is 42.2 Å². The molecule has 1 N–H and O–H groups in total. The van der Waals surface area contributed by atoms with E-state index in [1.165, 1.54) is 5.56 Å². The second-order valence-electron chi connectivity index (χ2n) is 6.68. The maximum absolute atomic E-state index is 12.8. The number of carbonyl (C=O) groups is 1. The van der Waals surface area contributed by atoms with Crippen molar-refractivity contribution >= 4 is 11.6 Å². The van der Waals surface area contributed by atoms with Gasteiger partial charge in [-0.2, -0.15) is 0 Å². The van der Waals surface area contributed by atoms with Gasteiger partial charge in [-0.25, -0.2) is 0 Å². The van der Waals surface area contributed by atoms with Crippen molar-refractivity contribution in [3.8, 4) is 0 Å². The highest BCUT2D eigenvalue weighted by Gasteiger charge is 2.23. The molecule has 0 spiro atoms. The van der Waals surface area contributed by atoms with Crippen LogP contribution in [0.2, 0.25) is 0 Å². The van der Waals surface area contributed by atoms with E-state index < -0.39 is 0 Å². The van der Waals surface area contributed by atoms with Crippen LogP contribution in [0.4, 0.5) is 5.69 Å². The van der Waals surface area contributed by atoms with Crippen LogP contribution in [0.5, 0.6) is 0 Å². The lowest BCUT2D eigenvalue weighted by atomic mass is 9.98. The van der Waals surface area contributed by atoms with E-state index in [0.717, 1.165) is 31.6 Å². The Morgan fingerprint density at radius 1 is 1.00 bits per heavy atom. The Hall–Kier alpha value is -2.33. The van der Waals surface area contributed by atoms with Crippen LogP contribution in [0.1, 0.15) is 18.4 Å². The first kappa shape index (κ1) is 17.5. The fraction of sp³-hybridized carbons (Fsp3) is 0.381. The quantitative estimate of drug-likeness (QED) is 0.881. The molecule has 0 unspecified atom stereocenters. The van der Waals surface area contributed by atoms with Crippen LogP contribution < -0.4 is 4.90 Å². The van der Waals surface area contributed by atoms with Crippen molar-refractivity contribution in [1.29, 1.82) is 0 Å². The monoisotopic (exact) mass is 338 g/mol. The number of aliphatic hydroxyl groups is 1. The Labute approximate surface area is 149 Å². The summed E-state index contributed by atoms with van der Waals surface area (Å²) in [7, 11) is 0. The first-order valence-corrected chi connectivity index (χ1v) is 8.99. The van der Waals surface area contributed by atoms with E-state index in [1.807, 2.05) is 53.4 Å². The van der Waals surface area contributed by atoms with Crippen molar-refractivity contribution in [2.75, 3.05) is 31.1 Å². The zero-order chi connectivity index (χ0) is 17.5. The highest BCUT2D eigenvalue weighted by atomic mass is 16.3. The standard InChI is InChI=1S/C21H26N2O2/c24-17-19-11-13-22(14-12-19)21(25)16-23(20-9-5-2-6-10-20)15-18-7-3-1-4-8-18/h1-10,19,24H,11-17H2. The van der Waals surface area contributed by atoms with Crippen LogP contribution in [0, 0.1) is 5.92 Å². The summed E-state index contributed by atoms with van der Waals surface area (Å²) in [6, 6.07) is 20.3. The zero-order valence-corrected chi connectivity index (χ0v) is 14.6. The summed E-state index contributed by atoms with van der Waals surface area (Å²) in [4.78, 5) is 16.9. The lowest BCUT2D eigenvalue weighted by Crippen LogP contribution is -2.44. The van der Waals surface area contributed by atoms with Gasteiger partial charge in [-0.05, 0) is 36.5 Å². The van der Waals surface area contributed by atoms with Gasteiger partial charge in [-0.1, -0.05) is 48.5 Å². The number of hydrogen-bond donors (Lipinski definition) is 1. The van der Waals surface area contributed by atoms with Crippen molar-refractivity contribution in [2.45, 2.75) is 19.4 Å². The summed E-state index contributed by atoms with van der Waals surface area (Å²) in [5.74, 6) is 0.509. The third kappa shape index (κ3) is 4.83. The minimum Gasteiger partial charge on any atom is -0.396 e. The summed E-state index contributed by atoms with van der Waals surface area (Å²) < 4.78 is 0. The van der Waals surface area contributed by atoms with Gasteiger partial charge in [0.25, 0.3) is 0 Å². The molecule has 0 atom stereocenters. The number of likely N-dealkylation sites (tertiary alicyclic amines) is 1. The molecule has 1 amide bonds. The third-order valence-corrected chi connectivity index (χ3v) is 4.89. The number of para-hydroxylation sites is 1. The van der Waals surface area contributed by atoms with Crippen LogP contribution in [0.25, 0.3) is 0 Å². The zero-order valence-electron chi connectivity index (χ0n) is 14.6.